The van der Waals surface area contributed by atoms with Crippen LogP contribution in [-0.4, -0.2) is 95.7 Å². The van der Waals surface area contributed by atoms with Crippen LogP contribution in [-0.2, 0) is 16.0 Å². The van der Waals surface area contributed by atoms with E-state index in [2.05, 4.69) is 10.3 Å². The summed E-state index contributed by atoms with van der Waals surface area (Å²) in [6.07, 6.45) is 1.69. The number of morpholine rings is 1. The number of hydrogen-bond donors (Lipinski definition) is 6. The molecule has 2 heterocycles. The Hall–Kier alpha value is -4.33. The molecule has 0 spiro atoms. The summed E-state index contributed by atoms with van der Waals surface area (Å²) in [5, 5.41) is 62.9. The van der Waals surface area contributed by atoms with E-state index in [1.807, 2.05) is 13.8 Å². The molecule has 3 atom stereocenters. The first-order chi connectivity index (χ1) is 19.5. The van der Waals surface area contributed by atoms with E-state index in [1.165, 1.54) is 10.7 Å². The van der Waals surface area contributed by atoms with Crippen molar-refractivity contribution in [3.8, 4) is 17.2 Å². The summed E-state index contributed by atoms with van der Waals surface area (Å²) in [4.78, 5) is 28.3. The largest absolute Gasteiger partial charge is 0.510 e. The number of carbonyl (C=O) groups excluding carboxylic acids is 2. The molecule has 0 radical (unpaired) electrons. The molecule has 13 heteroatoms. The highest BCUT2D eigenvalue weighted by atomic mass is 16.5. The van der Waals surface area contributed by atoms with Gasteiger partial charge in [-0.3, -0.25) is 14.5 Å². The molecule has 1 aliphatic heterocycles. The number of amides is 1. The first-order valence-corrected chi connectivity index (χ1v) is 13.3. The van der Waals surface area contributed by atoms with Gasteiger partial charge in [-0.25, -0.2) is 4.68 Å². The average molecular weight is 563 g/mol. The van der Waals surface area contributed by atoms with E-state index in [4.69, 9.17) is 15.9 Å². The number of Topliss-reactive ketones (excluding diaryl/α,β-unsaturated/α-hetero) is 1. The number of fused-ring (bicyclic) bond motifs is 3. The molecule has 41 heavy (non-hydrogen) atoms. The van der Waals surface area contributed by atoms with Gasteiger partial charge in [-0.1, -0.05) is 19.1 Å². The Morgan fingerprint density at radius 2 is 1.93 bits per heavy atom. The highest BCUT2D eigenvalue weighted by molar-refractivity contribution is 6.34. The second-order valence-electron chi connectivity index (χ2n) is 11.0. The lowest BCUT2D eigenvalue weighted by atomic mass is 9.61. The smallest absolute Gasteiger partial charge is 0.254 e. The van der Waals surface area contributed by atoms with Crippen molar-refractivity contribution in [2.45, 2.75) is 37.8 Å². The Kier molecular flexibility index (Phi) is 6.14. The molecule has 1 saturated heterocycles. The molecule has 0 bridgehead atoms. The Balaban J connectivity index is 1.58. The lowest BCUT2D eigenvalue weighted by Gasteiger charge is -2.50. The number of phenolic OH excluding ortho intramolecular Hbond substituents is 2. The van der Waals surface area contributed by atoms with Crippen molar-refractivity contribution in [2.24, 2.45) is 11.7 Å². The molecule has 1 aromatic heterocycles. The predicted molar refractivity (Wildman–Crippen MR) is 146 cm³/mol. The van der Waals surface area contributed by atoms with Gasteiger partial charge in [-0.05, 0) is 36.1 Å². The van der Waals surface area contributed by atoms with Gasteiger partial charge in [0, 0.05) is 24.4 Å². The SMILES string of the molecule is CC(C)c1cn(-c2ccc(O)c3c(O)c4c(cc23)C[C@H]2[C@@H](N3CCOCC3)C(O)=C(C(N)=O)C(=N)[C@@]2(O)C4=O)nn1. The average Bonchev–Trinajstić information content (AvgIpc) is 3.42. The van der Waals surface area contributed by atoms with Crippen molar-refractivity contribution in [1.82, 2.24) is 19.9 Å². The predicted octanol–water partition coefficient (Wildman–Crippen LogP) is 1.07. The zero-order valence-corrected chi connectivity index (χ0v) is 22.5. The lowest BCUT2D eigenvalue weighted by Crippen LogP contribution is -2.67. The van der Waals surface area contributed by atoms with Gasteiger partial charge in [0.15, 0.2) is 5.60 Å². The van der Waals surface area contributed by atoms with Crippen molar-refractivity contribution < 1.29 is 34.8 Å². The summed E-state index contributed by atoms with van der Waals surface area (Å²) in [6.45, 7) is 5.28. The number of rotatable bonds is 4. The van der Waals surface area contributed by atoms with Crippen LogP contribution in [0.4, 0.5) is 0 Å². The Morgan fingerprint density at radius 1 is 1.22 bits per heavy atom. The van der Waals surface area contributed by atoms with Crippen LogP contribution in [0, 0.1) is 11.3 Å². The topological polar surface area (TPSA) is 208 Å². The highest BCUT2D eigenvalue weighted by Crippen LogP contribution is 2.50. The zero-order chi connectivity index (χ0) is 29.4. The lowest BCUT2D eigenvalue weighted by molar-refractivity contribution is -0.114. The van der Waals surface area contributed by atoms with Crippen LogP contribution in [0.2, 0.25) is 0 Å². The first kappa shape index (κ1) is 26.9. The number of benzene rings is 2. The standard InChI is InChI=1S/C28H30N6O7/c1-12(2)16-11-34(32-31-16)17-3-4-18(35)20-14(17)9-13-10-15-22(33-5-7-41-8-6-33)24(37)21(27(30)39)25(29)28(15,40)26(38)19(13)23(20)36/h3-4,9,11-12,15,22,29,35-37,40H,5-8,10H2,1-2H3,(H2,30,39)/t15-,22+,28+/m0/s1. The fraction of sp³-hybridized carbons (Fsp3) is 0.393. The van der Waals surface area contributed by atoms with Crippen LogP contribution >= 0.6 is 0 Å². The number of aromatic nitrogens is 3. The summed E-state index contributed by atoms with van der Waals surface area (Å²) < 4.78 is 6.95. The van der Waals surface area contributed by atoms with Gasteiger partial charge in [0.05, 0.1) is 53.5 Å². The second-order valence-corrected chi connectivity index (χ2v) is 11.0. The Labute approximate surface area is 233 Å². The van der Waals surface area contributed by atoms with E-state index in [0.29, 0.717) is 42.9 Å². The number of ether oxygens (including phenoxy) is 1. The van der Waals surface area contributed by atoms with E-state index in [-0.39, 0.29) is 29.0 Å². The number of ketones is 1. The van der Waals surface area contributed by atoms with Crippen LogP contribution in [0.25, 0.3) is 16.5 Å². The third kappa shape index (κ3) is 3.76. The minimum atomic E-state index is -2.58. The van der Waals surface area contributed by atoms with Crippen molar-refractivity contribution in [3.63, 3.8) is 0 Å². The maximum atomic E-state index is 14.1. The van der Waals surface area contributed by atoms with Gasteiger partial charge in [0.25, 0.3) is 5.91 Å². The number of carbonyl (C=O) groups is 2. The van der Waals surface area contributed by atoms with E-state index >= 15 is 0 Å². The van der Waals surface area contributed by atoms with Crippen molar-refractivity contribution in [3.05, 3.63) is 52.5 Å². The second kappa shape index (κ2) is 9.36. The molecular formula is C28H30N6O7. The Morgan fingerprint density at radius 3 is 2.56 bits per heavy atom. The van der Waals surface area contributed by atoms with Gasteiger partial charge in [0.2, 0.25) is 5.78 Å². The summed E-state index contributed by atoms with van der Waals surface area (Å²) in [7, 11) is 0. The summed E-state index contributed by atoms with van der Waals surface area (Å²) in [5.74, 6) is -4.53. The van der Waals surface area contributed by atoms with E-state index in [1.54, 1.807) is 23.2 Å². The summed E-state index contributed by atoms with van der Waals surface area (Å²) in [5.41, 5.74) is 2.77. The first-order valence-electron chi connectivity index (χ1n) is 13.3. The van der Waals surface area contributed by atoms with Gasteiger partial charge >= 0.3 is 0 Å². The number of hydrogen-bond acceptors (Lipinski definition) is 11. The molecule has 13 nitrogen and oxygen atoms in total. The van der Waals surface area contributed by atoms with Gasteiger partial charge in [-0.15, -0.1) is 5.10 Å². The Bertz CT molecular complexity index is 1670. The van der Waals surface area contributed by atoms with E-state index in [0.717, 1.165) is 5.69 Å². The molecule has 1 amide bonds. The van der Waals surface area contributed by atoms with Gasteiger partial charge in [0.1, 0.15) is 22.8 Å². The number of aliphatic hydroxyl groups excluding tert-OH is 1. The minimum Gasteiger partial charge on any atom is -0.510 e. The number of aliphatic hydroxyl groups is 2. The van der Waals surface area contributed by atoms with E-state index in [9.17, 15) is 30.0 Å². The number of aromatic hydroxyl groups is 2. The summed E-state index contributed by atoms with van der Waals surface area (Å²) in [6, 6.07) is 3.58. The monoisotopic (exact) mass is 562 g/mol. The number of phenols is 2. The number of nitrogens with two attached hydrogens (primary N) is 1. The van der Waals surface area contributed by atoms with Gasteiger partial charge < -0.3 is 36.3 Å². The summed E-state index contributed by atoms with van der Waals surface area (Å²) >= 11 is 0. The third-order valence-corrected chi connectivity index (χ3v) is 8.45. The maximum absolute atomic E-state index is 14.1. The number of primary amides is 1. The minimum absolute atomic E-state index is 0.0427. The normalized spacial score (nSPS) is 25.1. The van der Waals surface area contributed by atoms with Crippen molar-refractivity contribution in [1.29, 1.82) is 5.41 Å². The zero-order valence-electron chi connectivity index (χ0n) is 22.5. The molecule has 3 aromatic rings. The molecule has 2 aliphatic carbocycles. The number of nitrogens with zero attached hydrogens (tertiary/aromatic N) is 4. The molecule has 0 unspecified atom stereocenters. The van der Waals surface area contributed by atoms with Crippen LogP contribution in [0.15, 0.2) is 35.7 Å². The molecule has 1 fully saturated rings. The molecule has 214 valence electrons. The van der Waals surface area contributed by atoms with Crippen molar-refractivity contribution in [2.75, 3.05) is 26.3 Å². The maximum Gasteiger partial charge on any atom is 0.254 e. The van der Waals surface area contributed by atoms with E-state index < -0.39 is 52.0 Å². The molecule has 0 saturated carbocycles. The number of nitrogens with one attached hydrogen (secondary N) is 1. The molecule has 7 N–H and O–H groups in total. The van der Waals surface area contributed by atoms with Gasteiger partial charge in [-0.2, -0.15) is 0 Å². The highest BCUT2D eigenvalue weighted by Gasteiger charge is 2.61. The van der Waals surface area contributed by atoms with Crippen LogP contribution < -0.4 is 5.73 Å². The van der Waals surface area contributed by atoms with Crippen LogP contribution in [0.5, 0.6) is 11.5 Å². The molecular weight excluding hydrogens is 532 g/mol. The molecule has 2 aromatic carbocycles. The third-order valence-electron chi connectivity index (χ3n) is 8.45. The molecule has 3 aliphatic rings. The molecule has 6 rings (SSSR count). The quantitative estimate of drug-likeness (QED) is 0.266. The fourth-order valence-electron chi connectivity index (χ4n) is 6.36. The van der Waals surface area contributed by atoms with Crippen molar-refractivity contribution >= 4 is 28.2 Å². The van der Waals surface area contributed by atoms with Crippen LogP contribution in [0.3, 0.4) is 0 Å². The van der Waals surface area contributed by atoms with Crippen LogP contribution in [0.1, 0.15) is 41.4 Å². The fourth-order valence-corrected chi connectivity index (χ4v) is 6.36.